The molecule has 0 saturated carbocycles. The summed E-state index contributed by atoms with van der Waals surface area (Å²) in [5.74, 6) is -0.555. The van der Waals surface area contributed by atoms with Crippen LogP contribution in [0.2, 0.25) is 0 Å². The Morgan fingerprint density at radius 2 is 1.92 bits per heavy atom. The SMILES string of the molecule is Cc1ccc(C2C(C(=O)NCCC(=O)N(C)C)OCC(=O)N2C)cc1. The highest BCUT2D eigenvalue weighted by molar-refractivity contribution is 5.86. The standard InChI is InChI=1S/C18H25N3O4/c1-12-5-7-13(8-6-12)16-17(25-11-15(23)21(16)4)18(24)19-10-9-14(22)20(2)3/h5-8,16-17H,9-11H2,1-4H3,(H,19,24). The highest BCUT2D eigenvalue weighted by Gasteiger charge is 2.39. The lowest BCUT2D eigenvalue weighted by Crippen LogP contribution is -2.53. The van der Waals surface area contributed by atoms with Crippen LogP contribution < -0.4 is 5.32 Å². The van der Waals surface area contributed by atoms with E-state index < -0.39 is 12.1 Å². The van der Waals surface area contributed by atoms with E-state index in [0.29, 0.717) is 0 Å². The predicted molar refractivity (Wildman–Crippen MR) is 92.8 cm³/mol. The monoisotopic (exact) mass is 347 g/mol. The molecule has 1 aliphatic heterocycles. The van der Waals surface area contributed by atoms with E-state index in [2.05, 4.69) is 5.32 Å². The molecule has 1 aliphatic rings. The van der Waals surface area contributed by atoms with Crippen molar-refractivity contribution in [2.24, 2.45) is 0 Å². The lowest BCUT2D eigenvalue weighted by molar-refractivity contribution is -0.162. The molecular weight excluding hydrogens is 322 g/mol. The fraction of sp³-hybridized carbons (Fsp3) is 0.500. The van der Waals surface area contributed by atoms with Crippen LogP contribution in [-0.2, 0) is 19.1 Å². The quantitative estimate of drug-likeness (QED) is 0.841. The largest absolute Gasteiger partial charge is 0.356 e. The molecule has 2 rings (SSSR count). The van der Waals surface area contributed by atoms with Crippen LogP contribution in [-0.4, -0.2) is 67.9 Å². The zero-order chi connectivity index (χ0) is 18.6. The topological polar surface area (TPSA) is 79.0 Å². The van der Waals surface area contributed by atoms with E-state index in [1.807, 2.05) is 31.2 Å². The summed E-state index contributed by atoms with van der Waals surface area (Å²) in [6.45, 7) is 2.07. The van der Waals surface area contributed by atoms with Crippen molar-refractivity contribution in [1.29, 1.82) is 0 Å². The Morgan fingerprint density at radius 1 is 1.28 bits per heavy atom. The van der Waals surface area contributed by atoms with Crippen LogP contribution in [0.15, 0.2) is 24.3 Å². The third-order valence-electron chi connectivity index (χ3n) is 4.30. The minimum atomic E-state index is -0.806. The molecule has 2 unspecified atom stereocenters. The summed E-state index contributed by atoms with van der Waals surface area (Å²) in [6, 6.07) is 7.18. The molecule has 7 nitrogen and oxygen atoms in total. The molecule has 0 aliphatic carbocycles. The Kier molecular flexibility index (Phi) is 6.14. The number of hydrogen-bond acceptors (Lipinski definition) is 4. The average Bonchev–Trinajstić information content (AvgIpc) is 2.57. The minimum absolute atomic E-state index is 0.0627. The lowest BCUT2D eigenvalue weighted by Gasteiger charge is -2.38. The Morgan fingerprint density at radius 3 is 2.52 bits per heavy atom. The van der Waals surface area contributed by atoms with Crippen LogP contribution in [0.25, 0.3) is 0 Å². The molecule has 7 heteroatoms. The van der Waals surface area contributed by atoms with Crippen LogP contribution in [0.3, 0.4) is 0 Å². The van der Waals surface area contributed by atoms with E-state index in [9.17, 15) is 14.4 Å². The van der Waals surface area contributed by atoms with Crippen LogP contribution >= 0.6 is 0 Å². The minimum Gasteiger partial charge on any atom is -0.356 e. The molecule has 1 fully saturated rings. The third kappa shape index (κ3) is 4.57. The van der Waals surface area contributed by atoms with Gasteiger partial charge in [0, 0.05) is 34.1 Å². The number of nitrogens with zero attached hydrogens (tertiary/aromatic N) is 2. The van der Waals surface area contributed by atoms with Crippen LogP contribution in [0, 0.1) is 6.92 Å². The number of rotatable bonds is 5. The number of carbonyl (C=O) groups is 3. The van der Waals surface area contributed by atoms with Gasteiger partial charge >= 0.3 is 0 Å². The second-order valence-corrected chi connectivity index (χ2v) is 6.42. The van der Waals surface area contributed by atoms with E-state index >= 15 is 0 Å². The first-order chi connectivity index (χ1) is 11.8. The second-order valence-electron chi connectivity index (χ2n) is 6.42. The third-order valence-corrected chi connectivity index (χ3v) is 4.30. The smallest absolute Gasteiger partial charge is 0.251 e. The zero-order valence-electron chi connectivity index (χ0n) is 15.1. The van der Waals surface area contributed by atoms with Crippen molar-refractivity contribution < 1.29 is 19.1 Å². The Balaban J connectivity index is 2.10. The number of morpholine rings is 1. The first-order valence-electron chi connectivity index (χ1n) is 8.23. The maximum absolute atomic E-state index is 12.6. The Hall–Kier alpha value is -2.41. The lowest BCUT2D eigenvalue weighted by atomic mass is 9.96. The summed E-state index contributed by atoms with van der Waals surface area (Å²) < 4.78 is 5.53. The first-order valence-corrected chi connectivity index (χ1v) is 8.23. The number of aryl methyl sites for hydroxylation is 1. The molecule has 3 amide bonds. The van der Waals surface area contributed by atoms with Gasteiger partial charge in [0.25, 0.3) is 5.91 Å². The number of nitrogens with one attached hydrogen (secondary N) is 1. The average molecular weight is 347 g/mol. The summed E-state index contributed by atoms with van der Waals surface area (Å²) in [5, 5.41) is 2.74. The number of benzene rings is 1. The maximum Gasteiger partial charge on any atom is 0.251 e. The molecule has 0 radical (unpaired) electrons. The van der Waals surface area contributed by atoms with E-state index in [0.717, 1.165) is 11.1 Å². The van der Waals surface area contributed by atoms with Crippen molar-refractivity contribution in [3.8, 4) is 0 Å². The van der Waals surface area contributed by atoms with Crippen LogP contribution in [0.1, 0.15) is 23.6 Å². The van der Waals surface area contributed by atoms with Gasteiger partial charge in [-0.05, 0) is 12.5 Å². The molecule has 1 heterocycles. The van der Waals surface area contributed by atoms with E-state index in [1.165, 1.54) is 4.90 Å². The van der Waals surface area contributed by atoms with Crippen molar-refractivity contribution in [1.82, 2.24) is 15.1 Å². The summed E-state index contributed by atoms with van der Waals surface area (Å²) in [4.78, 5) is 39.2. The molecule has 0 aromatic heterocycles. The van der Waals surface area contributed by atoms with Gasteiger partial charge in [-0.3, -0.25) is 14.4 Å². The van der Waals surface area contributed by atoms with Gasteiger partial charge in [-0.25, -0.2) is 0 Å². The molecule has 1 N–H and O–H groups in total. The molecule has 1 aromatic carbocycles. The zero-order valence-corrected chi connectivity index (χ0v) is 15.1. The van der Waals surface area contributed by atoms with Gasteiger partial charge in [0.2, 0.25) is 11.8 Å². The van der Waals surface area contributed by atoms with E-state index in [1.54, 1.807) is 26.0 Å². The van der Waals surface area contributed by atoms with E-state index in [-0.39, 0.29) is 37.3 Å². The van der Waals surface area contributed by atoms with Crippen molar-refractivity contribution in [2.75, 3.05) is 34.3 Å². The van der Waals surface area contributed by atoms with Gasteiger partial charge in [-0.2, -0.15) is 0 Å². The summed E-state index contributed by atoms with van der Waals surface area (Å²) >= 11 is 0. The second kappa shape index (κ2) is 8.11. The molecule has 1 aromatic rings. The maximum atomic E-state index is 12.6. The van der Waals surface area contributed by atoms with Gasteiger partial charge in [0.1, 0.15) is 6.61 Å². The van der Waals surface area contributed by atoms with Crippen LogP contribution in [0.5, 0.6) is 0 Å². The Bertz CT molecular complexity index is 642. The fourth-order valence-electron chi connectivity index (χ4n) is 2.71. The van der Waals surface area contributed by atoms with Gasteiger partial charge in [-0.1, -0.05) is 29.8 Å². The molecule has 25 heavy (non-hydrogen) atoms. The van der Waals surface area contributed by atoms with Crippen molar-refractivity contribution in [3.63, 3.8) is 0 Å². The van der Waals surface area contributed by atoms with Crippen LogP contribution in [0.4, 0.5) is 0 Å². The van der Waals surface area contributed by atoms with Gasteiger partial charge in [-0.15, -0.1) is 0 Å². The fourth-order valence-corrected chi connectivity index (χ4v) is 2.71. The number of carbonyl (C=O) groups excluding carboxylic acids is 3. The molecule has 1 saturated heterocycles. The molecule has 0 spiro atoms. The van der Waals surface area contributed by atoms with Crippen molar-refractivity contribution >= 4 is 17.7 Å². The summed E-state index contributed by atoms with van der Waals surface area (Å²) in [5.41, 5.74) is 1.93. The number of likely N-dealkylation sites (N-methyl/N-ethyl adjacent to an activating group) is 1. The van der Waals surface area contributed by atoms with E-state index in [4.69, 9.17) is 4.74 Å². The molecule has 136 valence electrons. The number of hydrogen-bond donors (Lipinski definition) is 1. The van der Waals surface area contributed by atoms with Gasteiger partial charge in [0.05, 0.1) is 6.04 Å². The predicted octanol–water partition coefficient (Wildman–Crippen LogP) is 0.488. The van der Waals surface area contributed by atoms with Crippen molar-refractivity contribution in [3.05, 3.63) is 35.4 Å². The normalized spacial score (nSPS) is 20.3. The number of amides is 3. The highest BCUT2D eigenvalue weighted by Crippen LogP contribution is 2.29. The number of ether oxygens (including phenoxy) is 1. The molecular formula is C18H25N3O4. The van der Waals surface area contributed by atoms with Gasteiger partial charge in [0.15, 0.2) is 6.10 Å². The first kappa shape index (κ1) is 18.9. The Labute approximate surface area is 147 Å². The summed E-state index contributed by atoms with van der Waals surface area (Å²) in [6.07, 6.45) is -0.588. The molecule has 0 bridgehead atoms. The van der Waals surface area contributed by atoms with Gasteiger partial charge < -0.3 is 19.9 Å². The highest BCUT2D eigenvalue weighted by atomic mass is 16.5. The van der Waals surface area contributed by atoms with Crippen molar-refractivity contribution in [2.45, 2.75) is 25.5 Å². The summed E-state index contributed by atoms with van der Waals surface area (Å²) in [7, 11) is 5.01. The molecule has 2 atom stereocenters.